The zero-order valence-corrected chi connectivity index (χ0v) is 11.0. The molecule has 3 rings (SSSR count). The summed E-state index contributed by atoms with van der Waals surface area (Å²) in [5.74, 6) is -1.34. The molecule has 6 nitrogen and oxygen atoms in total. The number of aromatic nitrogens is 2. The summed E-state index contributed by atoms with van der Waals surface area (Å²) >= 11 is 0. The van der Waals surface area contributed by atoms with E-state index in [2.05, 4.69) is 9.97 Å². The third-order valence-corrected chi connectivity index (χ3v) is 3.26. The average Bonchev–Trinajstić information content (AvgIpc) is 2.98. The summed E-state index contributed by atoms with van der Waals surface area (Å²) in [6, 6.07) is 8.71. The SMILES string of the molecule is NC(=O)c1nc2ccccc2c(C(N)=O)c1-c1cc[nH]c1. The van der Waals surface area contributed by atoms with Gasteiger partial charge in [-0.3, -0.25) is 9.59 Å². The van der Waals surface area contributed by atoms with E-state index in [-0.39, 0.29) is 11.3 Å². The van der Waals surface area contributed by atoms with Gasteiger partial charge in [-0.05, 0) is 12.1 Å². The number of aromatic amines is 1. The van der Waals surface area contributed by atoms with Crippen LogP contribution in [0, 0.1) is 0 Å². The quantitative estimate of drug-likeness (QED) is 0.674. The summed E-state index contributed by atoms with van der Waals surface area (Å²) < 4.78 is 0. The van der Waals surface area contributed by atoms with Crippen LogP contribution in [0.4, 0.5) is 0 Å². The fourth-order valence-corrected chi connectivity index (χ4v) is 2.41. The topological polar surface area (TPSA) is 115 Å². The Morgan fingerprint density at radius 2 is 1.81 bits per heavy atom. The lowest BCUT2D eigenvalue weighted by atomic mass is 9.95. The highest BCUT2D eigenvalue weighted by Crippen LogP contribution is 2.31. The molecule has 0 unspecified atom stereocenters. The lowest BCUT2D eigenvalue weighted by Gasteiger charge is -2.12. The standard InChI is InChI=1S/C15H12N4O2/c16-14(20)12-9-3-1-2-4-10(9)19-13(15(17)21)11(12)8-5-6-18-7-8/h1-7,18H,(H2,16,20)(H2,17,21). The Morgan fingerprint density at radius 3 is 2.43 bits per heavy atom. The van der Waals surface area contributed by atoms with Crippen molar-refractivity contribution in [3.05, 3.63) is 54.0 Å². The number of fused-ring (bicyclic) bond motifs is 1. The molecule has 6 heteroatoms. The van der Waals surface area contributed by atoms with Gasteiger partial charge in [0.15, 0.2) is 0 Å². The average molecular weight is 280 g/mol. The molecular formula is C15H12N4O2. The van der Waals surface area contributed by atoms with Gasteiger partial charge in [0.25, 0.3) is 5.91 Å². The molecule has 0 fully saturated rings. The van der Waals surface area contributed by atoms with E-state index in [1.54, 1.807) is 42.7 Å². The second-order valence-corrected chi connectivity index (χ2v) is 4.56. The molecule has 3 aromatic rings. The number of carbonyl (C=O) groups excluding carboxylic acids is 2. The summed E-state index contributed by atoms with van der Waals surface area (Å²) in [6.45, 7) is 0. The molecule has 1 aromatic carbocycles. The fraction of sp³-hybridized carbons (Fsp3) is 0. The van der Waals surface area contributed by atoms with Crippen LogP contribution in [-0.2, 0) is 0 Å². The molecule has 0 atom stereocenters. The third kappa shape index (κ3) is 2.02. The number of hydrogen-bond acceptors (Lipinski definition) is 3. The lowest BCUT2D eigenvalue weighted by Crippen LogP contribution is -2.20. The first-order valence-corrected chi connectivity index (χ1v) is 6.25. The number of H-pyrrole nitrogens is 1. The largest absolute Gasteiger partial charge is 0.367 e. The van der Waals surface area contributed by atoms with Gasteiger partial charge < -0.3 is 16.5 Å². The van der Waals surface area contributed by atoms with Crippen LogP contribution in [0.5, 0.6) is 0 Å². The normalized spacial score (nSPS) is 10.7. The maximum Gasteiger partial charge on any atom is 0.267 e. The summed E-state index contributed by atoms with van der Waals surface area (Å²) in [6.07, 6.45) is 3.34. The number of primary amides is 2. The van der Waals surface area contributed by atoms with Crippen LogP contribution >= 0.6 is 0 Å². The molecule has 0 bridgehead atoms. The molecule has 0 aliphatic rings. The van der Waals surface area contributed by atoms with Crippen molar-refractivity contribution in [2.75, 3.05) is 0 Å². The first-order valence-electron chi connectivity index (χ1n) is 6.25. The number of hydrogen-bond donors (Lipinski definition) is 3. The highest BCUT2D eigenvalue weighted by Gasteiger charge is 2.22. The number of benzene rings is 1. The summed E-state index contributed by atoms with van der Waals surface area (Å²) in [5.41, 5.74) is 12.7. The number of carbonyl (C=O) groups is 2. The van der Waals surface area contributed by atoms with E-state index in [0.717, 1.165) is 0 Å². The molecule has 0 spiro atoms. The van der Waals surface area contributed by atoms with Crippen LogP contribution in [0.1, 0.15) is 20.8 Å². The molecule has 2 heterocycles. The van der Waals surface area contributed by atoms with Crippen LogP contribution in [0.15, 0.2) is 42.7 Å². The number of para-hydroxylation sites is 1. The minimum atomic E-state index is -0.709. The molecule has 0 aliphatic carbocycles. The van der Waals surface area contributed by atoms with E-state index < -0.39 is 11.8 Å². The summed E-state index contributed by atoms with van der Waals surface area (Å²) in [5, 5.41) is 0.589. The number of amides is 2. The Hall–Kier alpha value is -3.15. The van der Waals surface area contributed by atoms with E-state index in [4.69, 9.17) is 11.5 Å². The Labute approximate surface area is 119 Å². The molecule has 0 radical (unpaired) electrons. The van der Waals surface area contributed by atoms with E-state index in [0.29, 0.717) is 22.0 Å². The molecule has 21 heavy (non-hydrogen) atoms. The molecule has 2 amide bonds. The van der Waals surface area contributed by atoms with E-state index >= 15 is 0 Å². The minimum absolute atomic E-state index is 0.0297. The molecule has 2 aromatic heterocycles. The zero-order valence-electron chi connectivity index (χ0n) is 11.0. The Balaban J connectivity index is 2.52. The van der Waals surface area contributed by atoms with Crippen LogP contribution < -0.4 is 11.5 Å². The number of nitrogens with two attached hydrogens (primary N) is 2. The minimum Gasteiger partial charge on any atom is -0.367 e. The van der Waals surface area contributed by atoms with Gasteiger partial charge in [-0.25, -0.2) is 4.98 Å². The predicted octanol–water partition coefficient (Wildman–Crippen LogP) is 1.43. The zero-order chi connectivity index (χ0) is 15.0. The molecule has 104 valence electrons. The highest BCUT2D eigenvalue weighted by atomic mass is 16.1. The van der Waals surface area contributed by atoms with E-state index in [1.807, 2.05) is 0 Å². The first-order chi connectivity index (χ1) is 10.1. The molecular weight excluding hydrogens is 268 g/mol. The first kappa shape index (κ1) is 12.9. The van der Waals surface area contributed by atoms with Gasteiger partial charge in [0.2, 0.25) is 5.91 Å². The van der Waals surface area contributed by atoms with Crippen molar-refractivity contribution in [1.82, 2.24) is 9.97 Å². The van der Waals surface area contributed by atoms with Crippen molar-refractivity contribution in [3.63, 3.8) is 0 Å². The third-order valence-electron chi connectivity index (χ3n) is 3.26. The number of rotatable bonds is 3. The van der Waals surface area contributed by atoms with Crippen LogP contribution in [-0.4, -0.2) is 21.8 Å². The number of pyridine rings is 1. The van der Waals surface area contributed by atoms with Gasteiger partial charge in [0, 0.05) is 28.9 Å². The van der Waals surface area contributed by atoms with Crippen molar-refractivity contribution in [2.24, 2.45) is 11.5 Å². The summed E-state index contributed by atoms with van der Waals surface area (Å²) in [7, 11) is 0. The Kier molecular flexibility index (Phi) is 2.91. The van der Waals surface area contributed by atoms with E-state index in [9.17, 15) is 9.59 Å². The van der Waals surface area contributed by atoms with Gasteiger partial charge in [-0.2, -0.15) is 0 Å². The lowest BCUT2D eigenvalue weighted by molar-refractivity contribution is 0.0996. The van der Waals surface area contributed by atoms with Crippen LogP contribution in [0.3, 0.4) is 0 Å². The smallest absolute Gasteiger partial charge is 0.267 e. The van der Waals surface area contributed by atoms with Crippen LogP contribution in [0.2, 0.25) is 0 Å². The van der Waals surface area contributed by atoms with Crippen molar-refractivity contribution in [1.29, 1.82) is 0 Å². The maximum atomic E-state index is 11.9. The van der Waals surface area contributed by atoms with Crippen molar-refractivity contribution in [3.8, 4) is 11.1 Å². The fourth-order valence-electron chi connectivity index (χ4n) is 2.41. The Morgan fingerprint density at radius 1 is 1.05 bits per heavy atom. The number of nitrogens with one attached hydrogen (secondary N) is 1. The monoisotopic (exact) mass is 280 g/mol. The molecule has 5 N–H and O–H groups in total. The summed E-state index contributed by atoms with van der Waals surface area (Å²) in [4.78, 5) is 30.8. The van der Waals surface area contributed by atoms with E-state index in [1.165, 1.54) is 0 Å². The van der Waals surface area contributed by atoms with Crippen molar-refractivity contribution < 1.29 is 9.59 Å². The van der Waals surface area contributed by atoms with Gasteiger partial charge in [0.1, 0.15) is 5.69 Å². The van der Waals surface area contributed by atoms with Gasteiger partial charge in [-0.1, -0.05) is 18.2 Å². The highest BCUT2D eigenvalue weighted by molar-refractivity contribution is 6.15. The van der Waals surface area contributed by atoms with Crippen molar-refractivity contribution in [2.45, 2.75) is 0 Å². The van der Waals surface area contributed by atoms with Gasteiger partial charge >= 0.3 is 0 Å². The molecule has 0 aliphatic heterocycles. The predicted molar refractivity (Wildman–Crippen MR) is 78.6 cm³/mol. The molecule has 0 saturated heterocycles. The Bertz CT molecular complexity index is 853. The van der Waals surface area contributed by atoms with Gasteiger partial charge in [-0.15, -0.1) is 0 Å². The molecule has 0 saturated carbocycles. The van der Waals surface area contributed by atoms with Crippen LogP contribution in [0.25, 0.3) is 22.0 Å². The van der Waals surface area contributed by atoms with Gasteiger partial charge in [0.05, 0.1) is 11.1 Å². The second-order valence-electron chi connectivity index (χ2n) is 4.56. The maximum absolute atomic E-state index is 11.9. The number of nitrogens with zero attached hydrogens (tertiary/aromatic N) is 1. The second kappa shape index (κ2) is 4.75. The van der Waals surface area contributed by atoms with Crippen molar-refractivity contribution >= 4 is 22.7 Å².